The first kappa shape index (κ1) is 23.6. The number of nitrogens with zero attached hydrogens (tertiary/aromatic N) is 3. The molecule has 10 heteroatoms. The van der Waals surface area contributed by atoms with Crippen LogP contribution in [0.15, 0.2) is 90.9 Å². The Kier molecular flexibility index (Phi) is 6.28. The van der Waals surface area contributed by atoms with E-state index in [2.05, 4.69) is 4.98 Å². The second kappa shape index (κ2) is 9.34. The van der Waals surface area contributed by atoms with E-state index in [0.717, 1.165) is 0 Å². The molecule has 2 aromatic heterocycles. The second-order valence-electron chi connectivity index (χ2n) is 8.30. The molecule has 3 aromatic rings. The average Bonchev–Trinajstić information content (AvgIpc) is 2.83. The van der Waals surface area contributed by atoms with Gasteiger partial charge in [0.2, 0.25) is 11.8 Å². The number of pyridine rings is 2. The van der Waals surface area contributed by atoms with Crippen LogP contribution in [0.1, 0.15) is 41.7 Å². The van der Waals surface area contributed by atoms with Gasteiger partial charge in [0, 0.05) is 42.2 Å². The maximum absolute atomic E-state index is 13.8. The van der Waals surface area contributed by atoms with Crippen LogP contribution in [0.25, 0.3) is 0 Å². The van der Waals surface area contributed by atoms with Gasteiger partial charge in [0.1, 0.15) is 0 Å². The summed E-state index contributed by atoms with van der Waals surface area (Å²) >= 11 is 0. The van der Waals surface area contributed by atoms with Gasteiger partial charge >= 0.3 is 5.97 Å². The normalized spacial score (nSPS) is 16.6. The summed E-state index contributed by atoms with van der Waals surface area (Å²) in [5.41, 5.74) is -0.288. The first-order valence-electron chi connectivity index (χ1n) is 10.7. The Balaban J connectivity index is 1.99. The number of carbonyl (C=O) groups excluding carboxylic acids is 2. The number of hydrogen-bond donors (Lipinski definition) is 0. The highest BCUT2D eigenvalue weighted by molar-refractivity contribution is 6.00. The van der Waals surface area contributed by atoms with E-state index >= 15 is 0 Å². The van der Waals surface area contributed by atoms with Crippen LogP contribution in [0.3, 0.4) is 0 Å². The highest BCUT2D eigenvalue weighted by Gasteiger charge is 2.46. The van der Waals surface area contributed by atoms with Crippen LogP contribution in [0, 0.1) is 10.1 Å². The number of nitro groups is 1. The Morgan fingerprint density at radius 3 is 2.46 bits per heavy atom. The lowest BCUT2D eigenvalue weighted by atomic mass is 9.80. The van der Waals surface area contributed by atoms with Gasteiger partial charge in [-0.1, -0.05) is 18.2 Å². The Hall–Kier alpha value is -4.60. The molecule has 0 amide bonds. The summed E-state index contributed by atoms with van der Waals surface area (Å²) in [6.45, 7) is 2.82. The van der Waals surface area contributed by atoms with Crippen molar-refractivity contribution in [3.63, 3.8) is 0 Å². The molecule has 0 bridgehead atoms. The van der Waals surface area contributed by atoms with Crippen molar-refractivity contribution in [1.29, 1.82) is 0 Å². The van der Waals surface area contributed by atoms with Crippen molar-refractivity contribution in [2.75, 3.05) is 0 Å². The Bertz CT molecular complexity index is 1310. The number of nitro benzene ring substituents is 1. The van der Waals surface area contributed by atoms with Crippen LogP contribution in [0.4, 0.5) is 5.69 Å². The zero-order chi connectivity index (χ0) is 25.2. The molecule has 178 valence electrons. The predicted octanol–water partition coefficient (Wildman–Crippen LogP) is 2.37. The molecule has 2 atom stereocenters. The minimum atomic E-state index is -1.51. The molecular weight excluding hydrogens is 454 g/mol. The number of ether oxygens (including phenoxy) is 2. The van der Waals surface area contributed by atoms with E-state index in [4.69, 9.17) is 9.47 Å². The first-order valence-corrected chi connectivity index (χ1v) is 10.7. The number of cyclic esters (lactones) is 1. The molecule has 0 saturated carbocycles. The third-order valence-corrected chi connectivity index (χ3v) is 5.46. The molecule has 1 aromatic carbocycles. The fourth-order valence-corrected chi connectivity index (χ4v) is 3.99. The van der Waals surface area contributed by atoms with Crippen molar-refractivity contribution in [3.05, 3.63) is 112 Å². The molecule has 0 radical (unpaired) electrons. The van der Waals surface area contributed by atoms with E-state index < -0.39 is 45.9 Å². The highest BCUT2D eigenvalue weighted by atomic mass is 16.8. The summed E-state index contributed by atoms with van der Waals surface area (Å²) in [5.74, 6) is -5.19. The van der Waals surface area contributed by atoms with Crippen molar-refractivity contribution in [3.8, 4) is 0 Å². The third-order valence-electron chi connectivity index (χ3n) is 5.46. The van der Waals surface area contributed by atoms with Crippen LogP contribution in [-0.2, 0) is 14.3 Å². The molecule has 0 spiro atoms. The molecule has 1 aliphatic heterocycles. The molecular formula is C25H21N3O7. The van der Waals surface area contributed by atoms with Gasteiger partial charge in [-0.2, -0.15) is 4.57 Å². The summed E-state index contributed by atoms with van der Waals surface area (Å²) in [6.07, 6.45) is 6.08. The first-order chi connectivity index (χ1) is 16.7. The van der Waals surface area contributed by atoms with Crippen molar-refractivity contribution in [2.24, 2.45) is 0 Å². The van der Waals surface area contributed by atoms with Gasteiger partial charge in [-0.3, -0.25) is 19.9 Å². The maximum atomic E-state index is 13.8. The lowest BCUT2D eigenvalue weighted by Gasteiger charge is -2.41. The van der Waals surface area contributed by atoms with Crippen molar-refractivity contribution in [2.45, 2.75) is 31.6 Å². The summed E-state index contributed by atoms with van der Waals surface area (Å²) in [6, 6.07) is 12.5. The standard InChI is InChI=1S/C25H21N3O7/c1-25(2)34-23(30)20(24(31)35-25)19(16-8-6-10-18(14-16)28(32)33)21(27-12-4-3-5-13-27)22(29)17-9-7-11-26-15-17/h3-15,19,21H,1-2H3. The minimum absolute atomic E-state index is 0.196. The topological polar surface area (TPSA) is 136 Å². The zero-order valence-corrected chi connectivity index (χ0v) is 18.9. The van der Waals surface area contributed by atoms with Gasteiger partial charge in [0.25, 0.3) is 5.69 Å². The van der Waals surface area contributed by atoms with Gasteiger partial charge in [-0.05, 0) is 31.5 Å². The van der Waals surface area contributed by atoms with Crippen LogP contribution >= 0.6 is 0 Å². The molecule has 4 rings (SSSR count). The zero-order valence-electron chi connectivity index (χ0n) is 18.9. The lowest BCUT2D eigenvalue weighted by molar-refractivity contribution is -0.710. The van der Waals surface area contributed by atoms with E-state index in [-0.39, 0.29) is 16.8 Å². The van der Waals surface area contributed by atoms with Crippen molar-refractivity contribution < 1.29 is 33.7 Å². The fraction of sp³-hybridized carbons (Fsp3) is 0.200. The van der Waals surface area contributed by atoms with E-state index in [1.807, 2.05) is 0 Å². The largest absolute Gasteiger partial charge is 0.575 e. The van der Waals surface area contributed by atoms with Gasteiger partial charge in [-0.15, -0.1) is 0 Å². The molecule has 1 aliphatic rings. The molecule has 2 unspecified atom stereocenters. The van der Waals surface area contributed by atoms with Crippen LogP contribution in [0.2, 0.25) is 0 Å². The number of aromatic nitrogens is 2. The van der Waals surface area contributed by atoms with Gasteiger partial charge in [0.05, 0.1) is 22.4 Å². The van der Waals surface area contributed by atoms with E-state index in [1.165, 1.54) is 55.1 Å². The molecule has 35 heavy (non-hydrogen) atoms. The highest BCUT2D eigenvalue weighted by Crippen LogP contribution is 2.40. The smallest absolute Gasteiger partial charge is 0.338 e. The number of rotatable bonds is 7. The molecule has 10 nitrogen and oxygen atoms in total. The van der Waals surface area contributed by atoms with Gasteiger partial charge in [-0.25, -0.2) is 4.79 Å². The Labute approximate surface area is 200 Å². The van der Waals surface area contributed by atoms with Crippen molar-refractivity contribution >= 4 is 17.4 Å². The lowest BCUT2D eigenvalue weighted by Crippen LogP contribution is -2.50. The average molecular weight is 475 g/mol. The molecule has 0 aliphatic carbocycles. The third kappa shape index (κ3) is 4.86. The van der Waals surface area contributed by atoms with Gasteiger partial charge < -0.3 is 14.6 Å². The van der Waals surface area contributed by atoms with Crippen LogP contribution < -0.4 is 9.67 Å². The number of Topliss-reactive ketones (excluding diaryl/α,β-unsaturated/α-hetero) is 1. The number of hydrogen-bond acceptors (Lipinski definition) is 8. The summed E-state index contributed by atoms with van der Waals surface area (Å²) in [7, 11) is 0. The molecule has 0 fully saturated rings. The monoisotopic (exact) mass is 475 g/mol. The maximum Gasteiger partial charge on any atom is 0.338 e. The number of ketones is 1. The van der Waals surface area contributed by atoms with E-state index in [1.54, 1.807) is 42.7 Å². The van der Waals surface area contributed by atoms with E-state index in [0.29, 0.717) is 0 Å². The predicted molar refractivity (Wildman–Crippen MR) is 118 cm³/mol. The summed E-state index contributed by atoms with van der Waals surface area (Å²) in [4.78, 5) is 41.9. The van der Waals surface area contributed by atoms with Crippen LogP contribution in [-0.4, -0.2) is 27.4 Å². The van der Waals surface area contributed by atoms with Crippen LogP contribution in [0.5, 0.6) is 0 Å². The van der Waals surface area contributed by atoms with Crippen molar-refractivity contribution in [1.82, 2.24) is 4.98 Å². The second-order valence-corrected chi connectivity index (χ2v) is 8.30. The minimum Gasteiger partial charge on any atom is -0.575 e. The van der Waals surface area contributed by atoms with E-state index in [9.17, 15) is 24.8 Å². The number of non-ortho nitro benzene ring substituents is 1. The molecule has 3 heterocycles. The Morgan fingerprint density at radius 2 is 1.83 bits per heavy atom. The quantitative estimate of drug-likeness (QED) is 0.167. The number of benzene rings is 1. The number of esters is 1. The summed E-state index contributed by atoms with van der Waals surface area (Å²) in [5, 5.41) is 24.6. The SMILES string of the molecule is CC1(C)OC(=O)C(C(c2cccc([N+](=O)[O-])c2)C(C(=O)c2cccnc2)[n+]2ccccc2)=C([O-])O1. The number of carbonyl (C=O) groups is 2. The van der Waals surface area contributed by atoms with Gasteiger partial charge in [0.15, 0.2) is 18.2 Å². The Morgan fingerprint density at radius 1 is 1.09 bits per heavy atom. The molecule has 0 saturated heterocycles. The fourth-order valence-electron chi connectivity index (χ4n) is 3.99. The summed E-state index contributed by atoms with van der Waals surface area (Å²) < 4.78 is 12.2. The molecule has 0 N–H and O–H groups in total.